The largest absolute Gasteiger partial charge is 0.455 e. The molecule has 1 heterocycles. The van der Waals surface area contributed by atoms with Crippen LogP contribution in [-0.2, 0) is 14.9 Å². The highest BCUT2D eigenvalue weighted by Gasteiger charge is 2.17. The van der Waals surface area contributed by atoms with Crippen LogP contribution >= 0.6 is 0 Å². The molecule has 0 spiro atoms. The van der Waals surface area contributed by atoms with Crippen LogP contribution in [0.2, 0.25) is 0 Å². The summed E-state index contributed by atoms with van der Waals surface area (Å²) in [6.45, 7) is 2.33. The molecule has 22 heavy (non-hydrogen) atoms. The minimum absolute atomic E-state index is 0.242. The lowest BCUT2D eigenvalue weighted by atomic mass is 10.2. The molecule has 6 nitrogen and oxygen atoms in total. The average Bonchev–Trinajstić information content (AvgIpc) is 2.96. The highest BCUT2D eigenvalue weighted by atomic mass is 32.2. The van der Waals surface area contributed by atoms with Gasteiger partial charge in [0.15, 0.2) is 0 Å². The fraction of sp³-hybridized carbons (Fsp3) is 0.267. The Bertz CT molecular complexity index is 746. The minimum Gasteiger partial charge on any atom is -0.455 e. The van der Waals surface area contributed by atoms with Gasteiger partial charge in [0, 0.05) is 19.7 Å². The van der Waals surface area contributed by atoms with E-state index in [4.69, 9.17) is 9.25 Å². The molecule has 0 atom stereocenters. The van der Waals surface area contributed by atoms with Gasteiger partial charge in [-0.25, -0.2) is 12.7 Å². The van der Waals surface area contributed by atoms with Crippen LogP contribution in [0.3, 0.4) is 0 Å². The second-order valence-electron chi connectivity index (χ2n) is 4.67. The molecule has 2 aromatic rings. The van der Waals surface area contributed by atoms with E-state index in [0.29, 0.717) is 18.1 Å². The molecule has 0 N–H and O–H groups in total. The fourth-order valence-corrected chi connectivity index (χ4v) is 2.64. The molecule has 118 valence electrons. The SMILES string of the molecule is CCO/N=C/c1ccc(-c2ccc(S(=O)(=O)N(C)C)cc2)o1. The highest BCUT2D eigenvalue weighted by molar-refractivity contribution is 7.89. The zero-order chi connectivity index (χ0) is 16.2. The van der Waals surface area contributed by atoms with Gasteiger partial charge in [0.2, 0.25) is 10.0 Å². The fourth-order valence-electron chi connectivity index (χ4n) is 1.74. The first-order chi connectivity index (χ1) is 10.4. The van der Waals surface area contributed by atoms with Crippen molar-refractivity contribution in [1.29, 1.82) is 0 Å². The molecular formula is C15H18N2O4S. The zero-order valence-corrected chi connectivity index (χ0v) is 13.5. The standard InChI is InChI=1S/C15H18N2O4S/c1-4-20-16-11-13-7-10-15(21-13)12-5-8-14(9-6-12)22(18,19)17(2)3/h5-11H,4H2,1-3H3/b16-11+. The van der Waals surface area contributed by atoms with Gasteiger partial charge in [-0.15, -0.1) is 0 Å². The van der Waals surface area contributed by atoms with Crippen LogP contribution in [0.4, 0.5) is 0 Å². The minimum atomic E-state index is -3.42. The summed E-state index contributed by atoms with van der Waals surface area (Å²) in [5, 5.41) is 3.73. The summed E-state index contributed by atoms with van der Waals surface area (Å²) >= 11 is 0. The van der Waals surface area contributed by atoms with Crippen LogP contribution in [0.25, 0.3) is 11.3 Å². The number of sulfonamides is 1. The molecule has 1 aromatic heterocycles. The number of hydrogen-bond acceptors (Lipinski definition) is 5. The van der Waals surface area contributed by atoms with Crippen LogP contribution < -0.4 is 0 Å². The lowest BCUT2D eigenvalue weighted by Gasteiger charge is -2.11. The lowest BCUT2D eigenvalue weighted by molar-refractivity contribution is 0.160. The molecule has 0 fully saturated rings. The topological polar surface area (TPSA) is 72.1 Å². The molecule has 0 unspecified atom stereocenters. The number of oxime groups is 1. The Hall–Kier alpha value is -2.12. The normalized spacial score (nSPS) is 12.2. The van der Waals surface area contributed by atoms with Crippen molar-refractivity contribution < 1.29 is 17.7 Å². The van der Waals surface area contributed by atoms with E-state index in [9.17, 15) is 8.42 Å². The first kappa shape index (κ1) is 16.3. The van der Waals surface area contributed by atoms with Crippen LogP contribution in [0.5, 0.6) is 0 Å². The third kappa shape index (κ3) is 3.55. The summed E-state index contributed by atoms with van der Waals surface area (Å²) in [5.74, 6) is 1.19. The molecule has 0 aliphatic rings. The summed E-state index contributed by atoms with van der Waals surface area (Å²) in [5.41, 5.74) is 0.786. The molecular weight excluding hydrogens is 304 g/mol. The van der Waals surface area contributed by atoms with Gasteiger partial charge in [0.1, 0.15) is 24.3 Å². The van der Waals surface area contributed by atoms with Crippen molar-refractivity contribution in [3.8, 4) is 11.3 Å². The Kier molecular flexibility index (Phi) is 4.99. The van der Waals surface area contributed by atoms with E-state index >= 15 is 0 Å². The zero-order valence-electron chi connectivity index (χ0n) is 12.7. The van der Waals surface area contributed by atoms with E-state index in [-0.39, 0.29) is 4.90 Å². The van der Waals surface area contributed by atoms with Gasteiger partial charge in [-0.1, -0.05) is 5.16 Å². The maximum Gasteiger partial charge on any atom is 0.242 e. The van der Waals surface area contributed by atoms with Gasteiger partial charge in [0.05, 0.1) is 4.90 Å². The van der Waals surface area contributed by atoms with E-state index in [1.54, 1.807) is 36.4 Å². The number of rotatable bonds is 6. The Balaban J connectivity index is 2.21. The van der Waals surface area contributed by atoms with Crippen molar-refractivity contribution in [2.45, 2.75) is 11.8 Å². The predicted octanol–water partition coefficient (Wildman–Crippen LogP) is 2.57. The van der Waals surface area contributed by atoms with Gasteiger partial charge < -0.3 is 9.25 Å². The van der Waals surface area contributed by atoms with Crippen LogP contribution in [0.1, 0.15) is 12.7 Å². The number of furan rings is 1. The molecule has 2 rings (SSSR count). The van der Waals surface area contributed by atoms with Crippen molar-refractivity contribution in [3.05, 3.63) is 42.2 Å². The molecule has 7 heteroatoms. The molecule has 1 aromatic carbocycles. The maximum absolute atomic E-state index is 12.0. The first-order valence-corrected chi connectivity index (χ1v) is 8.17. The van der Waals surface area contributed by atoms with E-state index in [0.717, 1.165) is 5.56 Å². The predicted molar refractivity (Wildman–Crippen MR) is 84.2 cm³/mol. The van der Waals surface area contributed by atoms with Gasteiger partial charge in [-0.3, -0.25) is 0 Å². The highest BCUT2D eigenvalue weighted by Crippen LogP contribution is 2.24. The summed E-state index contributed by atoms with van der Waals surface area (Å²) in [6, 6.07) is 10.1. The van der Waals surface area contributed by atoms with E-state index in [1.165, 1.54) is 24.6 Å². The van der Waals surface area contributed by atoms with Crippen molar-refractivity contribution in [3.63, 3.8) is 0 Å². The Morgan fingerprint density at radius 2 is 1.86 bits per heavy atom. The molecule has 0 radical (unpaired) electrons. The van der Waals surface area contributed by atoms with Crippen molar-refractivity contribution in [2.75, 3.05) is 20.7 Å². The van der Waals surface area contributed by atoms with E-state index in [1.807, 2.05) is 6.92 Å². The summed E-state index contributed by atoms with van der Waals surface area (Å²) in [6.07, 6.45) is 1.48. The molecule has 0 saturated carbocycles. The van der Waals surface area contributed by atoms with Crippen molar-refractivity contribution in [2.24, 2.45) is 5.16 Å². The van der Waals surface area contributed by atoms with E-state index in [2.05, 4.69) is 5.16 Å². The molecule has 0 bridgehead atoms. The monoisotopic (exact) mass is 322 g/mol. The van der Waals surface area contributed by atoms with Crippen molar-refractivity contribution in [1.82, 2.24) is 4.31 Å². The molecule has 0 aliphatic heterocycles. The summed E-state index contributed by atoms with van der Waals surface area (Å²) in [4.78, 5) is 5.11. The maximum atomic E-state index is 12.0. The summed E-state index contributed by atoms with van der Waals surface area (Å²) < 4.78 is 30.8. The average molecular weight is 322 g/mol. The molecule has 0 aliphatic carbocycles. The Morgan fingerprint density at radius 3 is 2.45 bits per heavy atom. The van der Waals surface area contributed by atoms with Gasteiger partial charge in [-0.05, 0) is 43.3 Å². The van der Waals surface area contributed by atoms with E-state index < -0.39 is 10.0 Å². The van der Waals surface area contributed by atoms with Crippen LogP contribution in [-0.4, -0.2) is 39.6 Å². The Morgan fingerprint density at radius 1 is 1.18 bits per heavy atom. The molecule has 0 saturated heterocycles. The first-order valence-electron chi connectivity index (χ1n) is 6.73. The van der Waals surface area contributed by atoms with Gasteiger partial charge in [0.25, 0.3) is 0 Å². The second-order valence-corrected chi connectivity index (χ2v) is 6.82. The van der Waals surface area contributed by atoms with Crippen molar-refractivity contribution >= 4 is 16.2 Å². The summed E-state index contributed by atoms with van der Waals surface area (Å²) in [7, 11) is -0.421. The van der Waals surface area contributed by atoms with Crippen LogP contribution in [0, 0.1) is 0 Å². The quantitative estimate of drug-likeness (QED) is 0.605. The Labute approximate surface area is 130 Å². The number of benzene rings is 1. The lowest BCUT2D eigenvalue weighted by Crippen LogP contribution is -2.22. The second kappa shape index (κ2) is 6.76. The van der Waals surface area contributed by atoms with Gasteiger partial charge in [-0.2, -0.15) is 0 Å². The number of nitrogens with zero attached hydrogens (tertiary/aromatic N) is 2. The third-order valence-electron chi connectivity index (χ3n) is 2.93. The van der Waals surface area contributed by atoms with Gasteiger partial charge >= 0.3 is 0 Å². The smallest absolute Gasteiger partial charge is 0.242 e. The third-order valence-corrected chi connectivity index (χ3v) is 4.76. The molecule has 0 amide bonds. The van der Waals surface area contributed by atoms with Crippen LogP contribution in [0.15, 0.2) is 50.9 Å². The number of hydrogen-bond donors (Lipinski definition) is 0.